The second kappa shape index (κ2) is 8.53. The summed E-state index contributed by atoms with van der Waals surface area (Å²) < 4.78 is 10.2. The third kappa shape index (κ3) is 5.22. The van der Waals surface area contributed by atoms with Crippen molar-refractivity contribution in [2.24, 2.45) is 0 Å². The average molecular weight is 367 g/mol. The van der Waals surface area contributed by atoms with Crippen molar-refractivity contribution in [1.82, 2.24) is 10.6 Å². The number of carbonyl (C=O) groups excluding carboxylic acids is 3. The van der Waals surface area contributed by atoms with Gasteiger partial charge in [-0.1, -0.05) is 23.7 Å². The van der Waals surface area contributed by atoms with E-state index in [0.717, 1.165) is 5.56 Å². The number of amides is 2. The van der Waals surface area contributed by atoms with E-state index in [2.05, 4.69) is 10.6 Å². The highest BCUT2D eigenvalue weighted by Gasteiger charge is 2.30. The van der Waals surface area contributed by atoms with Gasteiger partial charge in [-0.25, -0.2) is 9.59 Å². The van der Waals surface area contributed by atoms with Gasteiger partial charge in [0.2, 0.25) is 0 Å². The van der Waals surface area contributed by atoms with Crippen molar-refractivity contribution in [3.05, 3.63) is 46.1 Å². The highest BCUT2D eigenvalue weighted by Crippen LogP contribution is 2.15. The van der Waals surface area contributed by atoms with Crippen LogP contribution in [0.15, 0.2) is 35.5 Å². The molecule has 0 saturated heterocycles. The predicted octanol–water partition coefficient (Wildman–Crippen LogP) is 1.94. The van der Waals surface area contributed by atoms with Crippen molar-refractivity contribution in [3.8, 4) is 0 Å². The van der Waals surface area contributed by atoms with Crippen LogP contribution in [0.2, 0.25) is 5.02 Å². The number of ether oxygens (including phenoxy) is 2. The third-order valence-corrected chi connectivity index (χ3v) is 3.76. The van der Waals surface area contributed by atoms with E-state index in [1.807, 2.05) is 0 Å². The quantitative estimate of drug-likeness (QED) is 0.750. The van der Waals surface area contributed by atoms with Gasteiger partial charge in [-0.15, -0.1) is 0 Å². The van der Waals surface area contributed by atoms with E-state index < -0.39 is 24.0 Å². The molecule has 1 atom stereocenters. The highest BCUT2D eigenvalue weighted by molar-refractivity contribution is 6.30. The van der Waals surface area contributed by atoms with E-state index in [9.17, 15) is 14.4 Å². The maximum Gasteiger partial charge on any atom is 0.338 e. The topological polar surface area (TPSA) is 93.7 Å². The molecule has 2 amide bonds. The Morgan fingerprint density at radius 3 is 2.52 bits per heavy atom. The molecular formula is C17H19ClN2O5. The largest absolute Gasteiger partial charge is 0.463 e. The van der Waals surface area contributed by atoms with Crippen molar-refractivity contribution < 1.29 is 23.9 Å². The molecule has 1 aliphatic rings. The molecule has 0 radical (unpaired) electrons. The molecule has 0 unspecified atom stereocenters. The summed E-state index contributed by atoms with van der Waals surface area (Å²) in [5.41, 5.74) is 1.21. The van der Waals surface area contributed by atoms with Crippen LogP contribution < -0.4 is 10.6 Å². The fraction of sp³-hybridized carbons (Fsp3) is 0.353. The minimum absolute atomic E-state index is 0.0565. The predicted molar refractivity (Wildman–Crippen MR) is 90.9 cm³/mol. The summed E-state index contributed by atoms with van der Waals surface area (Å²) in [6.07, 6.45) is 0.0565. The van der Waals surface area contributed by atoms with Crippen molar-refractivity contribution in [1.29, 1.82) is 0 Å². The first-order valence-electron chi connectivity index (χ1n) is 7.78. The fourth-order valence-electron chi connectivity index (χ4n) is 2.37. The molecule has 25 heavy (non-hydrogen) atoms. The van der Waals surface area contributed by atoms with Gasteiger partial charge >= 0.3 is 18.0 Å². The SMILES string of the molecule is CCOC(=O)C1=C(COC(=O)Cc2ccc(Cl)cc2)NC(=O)N[C@@H]1C. The van der Waals surface area contributed by atoms with E-state index >= 15 is 0 Å². The molecule has 134 valence electrons. The van der Waals surface area contributed by atoms with Crippen LogP contribution >= 0.6 is 11.6 Å². The minimum atomic E-state index is -0.564. The number of nitrogens with one attached hydrogen (secondary N) is 2. The smallest absolute Gasteiger partial charge is 0.338 e. The normalized spacial score (nSPS) is 16.8. The van der Waals surface area contributed by atoms with Gasteiger partial charge in [-0.3, -0.25) is 4.79 Å². The average Bonchev–Trinajstić information content (AvgIpc) is 2.54. The number of carbonyl (C=O) groups is 3. The van der Waals surface area contributed by atoms with Crippen LogP contribution in [0.25, 0.3) is 0 Å². The van der Waals surface area contributed by atoms with Gasteiger partial charge in [0.25, 0.3) is 0 Å². The van der Waals surface area contributed by atoms with E-state index in [4.69, 9.17) is 21.1 Å². The molecule has 0 aliphatic carbocycles. The van der Waals surface area contributed by atoms with Gasteiger partial charge in [-0.2, -0.15) is 0 Å². The van der Waals surface area contributed by atoms with E-state index in [0.29, 0.717) is 5.02 Å². The summed E-state index contributed by atoms with van der Waals surface area (Å²) in [6, 6.07) is 5.80. The molecule has 2 rings (SSSR count). The maximum absolute atomic E-state index is 12.1. The molecule has 0 aromatic heterocycles. The second-order valence-corrected chi connectivity index (χ2v) is 5.83. The summed E-state index contributed by atoms with van der Waals surface area (Å²) >= 11 is 5.80. The number of esters is 2. The number of rotatable bonds is 6. The lowest BCUT2D eigenvalue weighted by molar-refractivity contribution is -0.143. The zero-order chi connectivity index (χ0) is 18.4. The molecular weight excluding hydrogens is 348 g/mol. The van der Waals surface area contributed by atoms with Crippen LogP contribution in [0.3, 0.4) is 0 Å². The van der Waals surface area contributed by atoms with Gasteiger partial charge in [-0.05, 0) is 31.5 Å². The lowest BCUT2D eigenvalue weighted by Crippen LogP contribution is -2.50. The first kappa shape index (κ1) is 18.8. The number of benzene rings is 1. The molecule has 1 aromatic carbocycles. The van der Waals surface area contributed by atoms with Crippen LogP contribution in [0.4, 0.5) is 4.79 Å². The lowest BCUT2D eigenvalue weighted by Gasteiger charge is -2.26. The zero-order valence-corrected chi connectivity index (χ0v) is 14.7. The summed E-state index contributed by atoms with van der Waals surface area (Å²) in [6.45, 7) is 3.31. The van der Waals surface area contributed by atoms with Gasteiger partial charge < -0.3 is 20.1 Å². The molecule has 2 N–H and O–H groups in total. The first-order chi connectivity index (χ1) is 11.9. The molecule has 0 saturated carbocycles. The molecule has 1 aromatic rings. The minimum Gasteiger partial charge on any atom is -0.463 e. The van der Waals surface area contributed by atoms with Crippen LogP contribution in [0.5, 0.6) is 0 Å². The molecule has 7 nitrogen and oxygen atoms in total. The fourth-order valence-corrected chi connectivity index (χ4v) is 2.49. The summed E-state index contributed by atoms with van der Waals surface area (Å²) in [5.74, 6) is -1.05. The standard InChI is InChI=1S/C17H19ClN2O5/c1-3-24-16(22)15-10(2)19-17(23)20-13(15)9-25-14(21)8-11-4-6-12(18)7-5-11/h4-7,10H,3,8-9H2,1-2H3,(H2,19,20,23)/t10-/m1/s1. The van der Waals surface area contributed by atoms with Crippen LogP contribution in [-0.2, 0) is 25.5 Å². The molecule has 1 aliphatic heterocycles. The second-order valence-electron chi connectivity index (χ2n) is 5.40. The van der Waals surface area contributed by atoms with Gasteiger partial charge in [0.15, 0.2) is 0 Å². The number of hydrogen-bond acceptors (Lipinski definition) is 5. The first-order valence-corrected chi connectivity index (χ1v) is 8.16. The Kier molecular flexibility index (Phi) is 6.41. The van der Waals surface area contributed by atoms with E-state index in [1.54, 1.807) is 38.1 Å². The third-order valence-electron chi connectivity index (χ3n) is 3.50. The van der Waals surface area contributed by atoms with Crippen LogP contribution in [0.1, 0.15) is 19.4 Å². The van der Waals surface area contributed by atoms with Crippen molar-refractivity contribution in [2.75, 3.05) is 13.2 Å². The van der Waals surface area contributed by atoms with Gasteiger partial charge in [0, 0.05) is 5.02 Å². The van der Waals surface area contributed by atoms with Crippen molar-refractivity contribution in [2.45, 2.75) is 26.3 Å². The Balaban J connectivity index is 2.05. The number of halogens is 1. The van der Waals surface area contributed by atoms with Crippen molar-refractivity contribution in [3.63, 3.8) is 0 Å². The lowest BCUT2D eigenvalue weighted by atomic mass is 10.0. The molecule has 8 heteroatoms. The van der Waals surface area contributed by atoms with Crippen LogP contribution in [-0.4, -0.2) is 37.2 Å². The Labute approximate surface area is 150 Å². The van der Waals surface area contributed by atoms with E-state index in [1.165, 1.54) is 0 Å². The molecule has 1 heterocycles. The summed E-state index contributed by atoms with van der Waals surface area (Å²) in [5, 5.41) is 5.64. The summed E-state index contributed by atoms with van der Waals surface area (Å²) in [4.78, 5) is 35.7. The zero-order valence-electron chi connectivity index (χ0n) is 13.9. The molecule has 0 spiro atoms. The number of urea groups is 1. The highest BCUT2D eigenvalue weighted by atomic mass is 35.5. The summed E-state index contributed by atoms with van der Waals surface area (Å²) in [7, 11) is 0. The molecule has 0 bridgehead atoms. The monoisotopic (exact) mass is 366 g/mol. The number of hydrogen-bond donors (Lipinski definition) is 2. The Bertz CT molecular complexity index is 699. The van der Waals surface area contributed by atoms with E-state index in [-0.39, 0.29) is 30.9 Å². The Hall–Kier alpha value is -2.54. The van der Waals surface area contributed by atoms with Crippen molar-refractivity contribution >= 4 is 29.6 Å². The van der Waals surface area contributed by atoms with Gasteiger partial charge in [0.05, 0.1) is 30.3 Å². The Morgan fingerprint density at radius 1 is 1.20 bits per heavy atom. The maximum atomic E-state index is 12.1. The Morgan fingerprint density at radius 2 is 1.88 bits per heavy atom. The molecule has 0 fully saturated rings. The van der Waals surface area contributed by atoms with Crippen LogP contribution in [0, 0.1) is 0 Å². The van der Waals surface area contributed by atoms with Gasteiger partial charge in [0.1, 0.15) is 6.61 Å².